The summed E-state index contributed by atoms with van der Waals surface area (Å²) >= 11 is 0. The van der Waals surface area contributed by atoms with Gasteiger partial charge in [0.15, 0.2) is 6.10 Å². The number of hydrogen-bond donors (Lipinski definition) is 0. The van der Waals surface area contributed by atoms with Crippen LogP contribution in [-0.4, -0.2) is 25.8 Å². The molecule has 0 bridgehead atoms. The van der Waals surface area contributed by atoms with E-state index in [0.717, 1.165) is 0 Å². The van der Waals surface area contributed by atoms with Gasteiger partial charge in [-0.25, -0.2) is 8.42 Å². The monoisotopic (exact) mass is 458 g/mol. The molecule has 0 amide bonds. The van der Waals surface area contributed by atoms with Crippen molar-refractivity contribution >= 4 is 21.4 Å². The van der Waals surface area contributed by atoms with Crippen molar-refractivity contribution in [1.29, 1.82) is 0 Å². The van der Waals surface area contributed by atoms with Crippen LogP contribution < -0.4 is 0 Å². The molecule has 4 nitrogen and oxygen atoms in total. The van der Waals surface area contributed by atoms with Gasteiger partial charge >= 0.3 is 5.51 Å². The Balaban J connectivity index is 1.98. The zero-order valence-electron chi connectivity index (χ0n) is 16.5. The second kappa shape index (κ2) is 8.27. The van der Waals surface area contributed by atoms with Crippen LogP contribution >= 0.6 is 0 Å². The van der Waals surface area contributed by atoms with E-state index in [-0.39, 0.29) is 16.7 Å². The first-order chi connectivity index (χ1) is 15.2. The summed E-state index contributed by atoms with van der Waals surface area (Å²) < 4.78 is 72.5. The molecule has 0 radical (unpaired) electrons. The summed E-state index contributed by atoms with van der Waals surface area (Å²) in [4.78, 5) is 12.3. The molecule has 4 rings (SSSR count). The van der Waals surface area contributed by atoms with Crippen LogP contribution in [0.25, 0.3) is 5.76 Å². The molecule has 0 aliphatic carbocycles. The molecule has 0 fully saturated rings. The largest absolute Gasteiger partial charge is 0.501 e. The molecule has 0 saturated carbocycles. The van der Waals surface area contributed by atoms with Crippen molar-refractivity contribution < 1.29 is 31.1 Å². The third kappa shape index (κ3) is 3.82. The number of carbonyl (C=O) groups is 1. The molecule has 8 heteroatoms. The molecule has 1 aliphatic rings. The van der Waals surface area contributed by atoms with Gasteiger partial charge in [0.2, 0.25) is 5.78 Å². The lowest BCUT2D eigenvalue weighted by molar-refractivity contribution is -0.0428. The van der Waals surface area contributed by atoms with Crippen molar-refractivity contribution in [3.05, 3.63) is 113 Å². The Morgan fingerprint density at radius 2 is 1.28 bits per heavy atom. The molecule has 0 spiro atoms. The highest BCUT2D eigenvalue weighted by Gasteiger charge is 2.57. The van der Waals surface area contributed by atoms with Crippen molar-refractivity contribution in [3.63, 3.8) is 0 Å². The Kier molecular flexibility index (Phi) is 5.64. The lowest BCUT2D eigenvalue weighted by atomic mass is 9.89. The number of hydrogen-bond acceptors (Lipinski definition) is 4. The predicted molar refractivity (Wildman–Crippen MR) is 113 cm³/mol. The molecule has 1 heterocycles. The lowest BCUT2D eigenvalue weighted by Crippen LogP contribution is -2.32. The Bertz CT molecular complexity index is 1250. The fourth-order valence-corrected chi connectivity index (χ4v) is 4.96. The molecule has 32 heavy (non-hydrogen) atoms. The summed E-state index contributed by atoms with van der Waals surface area (Å²) in [6.45, 7) is 0. The van der Waals surface area contributed by atoms with Gasteiger partial charge in [-0.05, 0) is 5.56 Å². The van der Waals surface area contributed by atoms with E-state index in [1.54, 1.807) is 54.6 Å². The molecule has 3 aromatic rings. The number of Topliss-reactive ketones (excluding diaryl/α,β-unsaturated/α-hetero) is 1. The first-order valence-corrected chi connectivity index (χ1v) is 11.1. The van der Waals surface area contributed by atoms with Crippen molar-refractivity contribution in [1.82, 2.24) is 0 Å². The van der Waals surface area contributed by atoms with E-state index in [1.807, 2.05) is 0 Å². The number of halogens is 3. The van der Waals surface area contributed by atoms with E-state index in [1.165, 1.54) is 36.4 Å². The van der Waals surface area contributed by atoms with Crippen molar-refractivity contribution in [2.45, 2.75) is 17.5 Å². The Labute approximate surface area is 182 Å². The first-order valence-electron chi connectivity index (χ1n) is 9.63. The number of alkyl halides is 3. The molecule has 0 saturated heterocycles. The minimum Gasteiger partial charge on any atom is -0.480 e. The van der Waals surface area contributed by atoms with Crippen molar-refractivity contribution in [2.24, 2.45) is 0 Å². The van der Waals surface area contributed by atoms with Gasteiger partial charge in [-0.1, -0.05) is 91.0 Å². The summed E-state index contributed by atoms with van der Waals surface area (Å²) in [6, 6.07) is 23.3. The minimum atomic E-state index is -5.82. The number of rotatable bonds is 5. The summed E-state index contributed by atoms with van der Waals surface area (Å²) in [5, 5.41) is 0. The molecular formula is C24H17F3O4S. The quantitative estimate of drug-likeness (QED) is 0.484. The summed E-state index contributed by atoms with van der Waals surface area (Å²) in [5.74, 6) is -2.54. The van der Waals surface area contributed by atoms with Gasteiger partial charge < -0.3 is 4.74 Å². The molecule has 164 valence electrons. The number of sulfone groups is 1. The van der Waals surface area contributed by atoms with E-state index in [9.17, 15) is 26.4 Å². The maximum absolute atomic E-state index is 13.8. The first kappa shape index (κ1) is 21.8. The highest BCUT2D eigenvalue weighted by Crippen LogP contribution is 2.50. The van der Waals surface area contributed by atoms with E-state index in [2.05, 4.69) is 0 Å². The van der Waals surface area contributed by atoms with Crippen LogP contribution in [0.15, 0.2) is 95.9 Å². The van der Waals surface area contributed by atoms with Gasteiger partial charge in [0.05, 0.1) is 5.92 Å². The molecule has 0 N–H and O–H groups in total. The summed E-state index contributed by atoms with van der Waals surface area (Å²) in [6.07, 6.45) is -1.48. The minimum absolute atomic E-state index is 0.139. The summed E-state index contributed by atoms with van der Waals surface area (Å²) in [7, 11) is -5.82. The van der Waals surface area contributed by atoms with Crippen LogP contribution in [0.4, 0.5) is 13.2 Å². The number of benzene rings is 3. The van der Waals surface area contributed by atoms with E-state index < -0.39 is 43.8 Å². The fourth-order valence-electron chi connectivity index (χ4n) is 3.70. The zero-order chi connectivity index (χ0) is 22.9. The van der Waals surface area contributed by atoms with E-state index in [0.29, 0.717) is 0 Å². The standard InChI is InChI=1S/C24H17F3O4S/c25-24(26,27)32(29,30)23-19(16-10-4-1-5-11-16)22(20(28)17-12-6-2-7-13-17)31-21(23)18-14-8-3-9-15-18/h1-15,19,22H/t19-,22+/m0/s1. The van der Waals surface area contributed by atoms with Crippen LogP contribution in [0, 0.1) is 0 Å². The van der Waals surface area contributed by atoms with Gasteiger partial charge in [0, 0.05) is 11.1 Å². The Morgan fingerprint density at radius 3 is 1.81 bits per heavy atom. The van der Waals surface area contributed by atoms with Gasteiger partial charge in [-0.3, -0.25) is 4.79 Å². The number of ketones is 1. The van der Waals surface area contributed by atoms with Crippen LogP contribution in [-0.2, 0) is 14.6 Å². The molecule has 0 aromatic heterocycles. The summed E-state index contributed by atoms with van der Waals surface area (Å²) in [5.41, 5.74) is -4.99. The maximum atomic E-state index is 13.8. The third-order valence-electron chi connectivity index (χ3n) is 5.16. The fraction of sp³-hybridized carbons (Fsp3) is 0.125. The normalized spacial score (nSPS) is 19.0. The molecule has 3 aromatic carbocycles. The average molecular weight is 458 g/mol. The van der Waals surface area contributed by atoms with Crippen LogP contribution in [0.1, 0.15) is 27.4 Å². The second-order valence-corrected chi connectivity index (χ2v) is 9.08. The zero-order valence-corrected chi connectivity index (χ0v) is 17.3. The highest BCUT2D eigenvalue weighted by molar-refractivity contribution is 7.96. The lowest BCUT2D eigenvalue weighted by Gasteiger charge is -2.21. The predicted octanol–water partition coefficient (Wildman–Crippen LogP) is 5.36. The van der Waals surface area contributed by atoms with Crippen LogP contribution in [0.3, 0.4) is 0 Å². The highest BCUT2D eigenvalue weighted by atomic mass is 32.2. The van der Waals surface area contributed by atoms with Crippen LogP contribution in [0.5, 0.6) is 0 Å². The second-order valence-electron chi connectivity index (χ2n) is 7.17. The van der Waals surface area contributed by atoms with E-state index in [4.69, 9.17) is 4.74 Å². The van der Waals surface area contributed by atoms with Crippen LogP contribution in [0.2, 0.25) is 0 Å². The smallest absolute Gasteiger partial charge is 0.480 e. The SMILES string of the molecule is O=C(c1ccccc1)[C@@H]1OC(c2ccccc2)=C(S(=O)(=O)C(F)(F)F)[C@H]1c1ccccc1. The van der Waals surface area contributed by atoms with Gasteiger partial charge in [-0.15, -0.1) is 0 Å². The maximum Gasteiger partial charge on any atom is 0.501 e. The molecular weight excluding hydrogens is 441 g/mol. The Hall–Kier alpha value is -3.39. The molecule has 2 atom stereocenters. The third-order valence-corrected chi connectivity index (χ3v) is 6.79. The van der Waals surface area contributed by atoms with Gasteiger partial charge in [0.1, 0.15) is 10.7 Å². The van der Waals surface area contributed by atoms with Gasteiger partial charge in [-0.2, -0.15) is 13.2 Å². The van der Waals surface area contributed by atoms with Gasteiger partial charge in [0.25, 0.3) is 9.84 Å². The topological polar surface area (TPSA) is 60.4 Å². The number of carbonyl (C=O) groups excluding carboxylic acids is 1. The molecule has 0 unspecified atom stereocenters. The molecule has 1 aliphatic heterocycles. The van der Waals surface area contributed by atoms with Crippen molar-refractivity contribution in [2.75, 3.05) is 0 Å². The Morgan fingerprint density at radius 1 is 0.781 bits per heavy atom. The van der Waals surface area contributed by atoms with E-state index >= 15 is 0 Å². The number of ether oxygens (including phenoxy) is 1. The van der Waals surface area contributed by atoms with Crippen molar-refractivity contribution in [3.8, 4) is 0 Å². The average Bonchev–Trinajstić information content (AvgIpc) is 3.21.